The SMILES string of the molecule is O=C(NC1CCN(CC2CC2)CC1)c1cc2c(Nc3ccc(F)c(F)c3)ncnc2s1. The first-order valence-corrected chi connectivity index (χ1v) is 11.4. The number of nitrogens with one attached hydrogen (secondary N) is 2. The van der Waals surface area contributed by atoms with Crippen LogP contribution in [-0.4, -0.2) is 46.5 Å². The average Bonchev–Trinajstić information content (AvgIpc) is 3.46. The molecule has 0 unspecified atom stereocenters. The number of likely N-dealkylation sites (tertiary alicyclic amines) is 1. The second kappa shape index (κ2) is 8.47. The van der Waals surface area contributed by atoms with Crippen molar-refractivity contribution in [3.63, 3.8) is 0 Å². The van der Waals surface area contributed by atoms with E-state index in [2.05, 4.69) is 25.5 Å². The number of piperidine rings is 1. The number of rotatable bonds is 6. The van der Waals surface area contributed by atoms with E-state index >= 15 is 0 Å². The van der Waals surface area contributed by atoms with Gasteiger partial charge in [-0.3, -0.25) is 4.79 Å². The largest absolute Gasteiger partial charge is 0.349 e. The van der Waals surface area contributed by atoms with Crippen LogP contribution >= 0.6 is 11.3 Å². The molecule has 1 amide bonds. The number of nitrogens with zero attached hydrogens (tertiary/aromatic N) is 3. The molecule has 3 heterocycles. The lowest BCUT2D eigenvalue weighted by Crippen LogP contribution is -2.45. The molecule has 0 atom stereocenters. The maximum Gasteiger partial charge on any atom is 0.261 e. The molecule has 1 aliphatic heterocycles. The Morgan fingerprint density at radius 3 is 2.65 bits per heavy atom. The summed E-state index contributed by atoms with van der Waals surface area (Å²) in [6, 6.07) is 5.48. The second-order valence-electron chi connectivity index (χ2n) is 8.30. The Hall–Kier alpha value is -2.65. The summed E-state index contributed by atoms with van der Waals surface area (Å²) in [6.45, 7) is 3.26. The van der Waals surface area contributed by atoms with Gasteiger partial charge in [0.1, 0.15) is 17.0 Å². The van der Waals surface area contributed by atoms with E-state index < -0.39 is 11.6 Å². The van der Waals surface area contributed by atoms with E-state index in [0.29, 0.717) is 26.6 Å². The molecule has 3 aromatic rings. The fraction of sp³-hybridized carbons (Fsp3) is 0.409. The first-order valence-electron chi connectivity index (χ1n) is 10.5. The summed E-state index contributed by atoms with van der Waals surface area (Å²) in [5.74, 6) is -0.628. The number of carbonyl (C=O) groups excluding carboxylic acids is 1. The van der Waals surface area contributed by atoms with Gasteiger partial charge in [0, 0.05) is 37.4 Å². The summed E-state index contributed by atoms with van der Waals surface area (Å²) < 4.78 is 26.7. The Bertz CT molecular complexity index is 1110. The van der Waals surface area contributed by atoms with Crippen molar-refractivity contribution in [2.75, 3.05) is 25.0 Å². The van der Waals surface area contributed by atoms with Crippen LogP contribution in [0.3, 0.4) is 0 Å². The van der Waals surface area contributed by atoms with E-state index in [9.17, 15) is 13.6 Å². The van der Waals surface area contributed by atoms with Gasteiger partial charge in [-0.2, -0.15) is 0 Å². The summed E-state index contributed by atoms with van der Waals surface area (Å²) in [4.78, 5) is 25.0. The zero-order chi connectivity index (χ0) is 21.4. The van der Waals surface area contributed by atoms with Gasteiger partial charge < -0.3 is 15.5 Å². The Morgan fingerprint density at radius 1 is 1.10 bits per heavy atom. The summed E-state index contributed by atoms with van der Waals surface area (Å²) in [5.41, 5.74) is 0.369. The minimum atomic E-state index is -0.941. The summed E-state index contributed by atoms with van der Waals surface area (Å²) in [6.07, 6.45) is 6.04. The van der Waals surface area contributed by atoms with Gasteiger partial charge in [-0.25, -0.2) is 18.7 Å². The van der Waals surface area contributed by atoms with Crippen molar-refractivity contribution < 1.29 is 13.6 Å². The van der Waals surface area contributed by atoms with E-state index in [-0.39, 0.29) is 11.9 Å². The third kappa shape index (κ3) is 4.67. The van der Waals surface area contributed by atoms with Gasteiger partial charge in [-0.05, 0) is 49.8 Å². The molecule has 6 nitrogen and oxygen atoms in total. The number of hydrogen-bond donors (Lipinski definition) is 2. The van der Waals surface area contributed by atoms with Crippen molar-refractivity contribution in [3.05, 3.63) is 47.1 Å². The molecular weight excluding hydrogens is 420 g/mol. The molecule has 9 heteroatoms. The zero-order valence-electron chi connectivity index (χ0n) is 16.9. The van der Waals surface area contributed by atoms with Gasteiger partial charge in [0.2, 0.25) is 0 Å². The highest BCUT2D eigenvalue weighted by Gasteiger charge is 2.28. The highest BCUT2D eigenvalue weighted by molar-refractivity contribution is 7.20. The average molecular weight is 444 g/mol. The van der Waals surface area contributed by atoms with Crippen LogP contribution in [0.1, 0.15) is 35.4 Å². The molecule has 0 bridgehead atoms. The number of thiophene rings is 1. The number of carbonyl (C=O) groups is 1. The van der Waals surface area contributed by atoms with Crippen LogP contribution in [0.25, 0.3) is 10.2 Å². The van der Waals surface area contributed by atoms with Crippen LogP contribution in [0.15, 0.2) is 30.6 Å². The van der Waals surface area contributed by atoms with Crippen molar-refractivity contribution in [2.24, 2.45) is 5.92 Å². The van der Waals surface area contributed by atoms with Crippen molar-refractivity contribution >= 4 is 39.0 Å². The first kappa shape index (κ1) is 20.3. The van der Waals surface area contributed by atoms with E-state index in [0.717, 1.165) is 44.0 Å². The number of amides is 1. The Labute approximate surface area is 182 Å². The molecule has 2 aromatic heterocycles. The van der Waals surface area contributed by atoms with Crippen LogP contribution in [0.2, 0.25) is 0 Å². The van der Waals surface area contributed by atoms with E-state index in [4.69, 9.17) is 0 Å². The Morgan fingerprint density at radius 2 is 1.90 bits per heavy atom. The second-order valence-corrected chi connectivity index (χ2v) is 9.33. The van der Waals surface area contributed by atoms with Gasteiger partial charge in [-0.1, -0.05) is 0 Å². The van der Waals surface area contributed by atoms with Gasteiger partial charge in [-0.15, -0.1) is 11.3 Å². The molecule has 2 aliphatic rings. The topological polar surface area (TPSA) is 70.2 Å². The fourth-order valence-corrected chi connectivity index (χ4v) is 4.86. The molecule has 5 rings (SSSR count). The molecule has 2 N–H and O–H groups in total. The lowest BCUT2D eigenvalue weighted by Gasteiger charge is -2.32. The number of fused-ring (bicyclic) bond motifs is 1. The van der Waals surface area contributed by atoms with Crippen molar-refractivity contribution in [1.82, 2.24) is 20.2 Å². The van der Waals surface area contributed by atoms with Gasteiger partial charge >= 0.3 is 0 Å². The van der Waals surface area contributed by atoms with Gasteiger partial charge in [0.25, 0.3) is 5.91 Å². The van der Waals surface area contributed by atoms with E-state index in [1.54, 1.807) is 6.07 Å². The quantitative estimate of drug-likeness (QED) is 0.594. The van der Waals surface area contributed by atoms with Crippen molar-refractivity contribution in [1.29, 1.82) is 0 Å². The van der Waals surface area contributed by atoms with Crippen LogP contribution in [0, 0.1) is 17.6 Å². The van der Waals surface area contributed by atoms with Crippen LogP contribution in [-0.2, 0) is 0 Å². The predicted octanol–water partition coefficient (Wildman–Crippen LogP) is 4.32. The fourth-order valence-electron chi connectivity index (χ4n) is 3.96. The summed E-state index contributed by atoms with van der Waals surface area (Å²) in [7, 11) is 0. The molecule has 0 spiro atoms. The van der Waals surface area contributed by atoms with Crippen molar-refractivity contribution in [2.45, 2.75) is 31.7 Å². The van der Waals surface area contributed by atoms with Crippen LogP contribution in [0.5, 0.6) is 0 Å². The van der Waals surface area contributed by atoms with Crippen LogP contribution in [0.4, 0.5) is 20.3 Å². The smallest absolute Gasteiger partial charge is 0.261 e. The molecule has 2 fully saturated rings. The van der Waals surface area contributed by atoms with Crippen molar-refractivity contribution in [3.8, 4) is 0 Å². The van der Waals surface area contributed by atoms with E-state index in [1.165, 1.54) is 43.1 Å². The number of halogens is 2. The molecule has 0 radical (unpaired) electrons. The summed E-state index contributed by atoms with van der Waals surface area (Å²) >= 11 is 1.29. The van der Waals surface area contributed by atoms with E-state index in [1.807, 2.05) is 0 Å². The normalized spacial score (nSPS) is 17.7. The minimum Gasteiger partial charge on any atom is -0.349 e. The van der Waals surface area contributed by atoms with Gasteiger partial charge in [0.05, 0.1) is 10.3 Å². The number of aromatic nitrogens is 2. The Kier molecular flexibility index (Phi) is 5.54. The van der Waals surface area contributed by atoms with Crippen LogP contribution < -0.4 is 10.6 Å². The molecule has 1 aliphatic carbocycles. The lowest BCUT2D eigenvalue weighted by molar-refractivity contribution is 0.0914. The number of hydrogen-bond acceptors (Lipinski definition) is 6. The highest BCUT2D eigenvalue weighted by atomic mass is 32.1. The molecule has 1 saturated heterocycles. The monoisotopic (exact) mass is 443 g/mol. The molecular formula is C22H23F2N5OS. The molecule has 31 heavy (non-hydrogen) atoms. The highest BCUT2D eigenvalue weighted by Crippen LogP contribution is 2.32. The summed E-state index contributed by atoms with van der Waals surface area (Å²) in [5, 5.41) is 6.81. The molecule has 162 valence electrons. The molecule has 1 aromatic carbocycles. The minimum absolute atomic E-state index is 0.109. The number of benzene rings is 1. The maximum atomic E-state index is 13.5. The third-order valence-corrected chi connectivity index (χ3v) is 6.91. The first-order chi connectivity index (χ1) is 15.0. The lowest BCUT2D eigenvalue weighted by atomic mass is 10.0. The standard InChI is InChI=1S/C22H23F2N5OS/c23-17-4-3-15(9-18(17)24)27-20-16-10-19(31-22(16)26-12-25-20)21(30)28-14-5-7-29(8-6-14)11-13-1-2-13/h3-4,9-10,12-14H,1-2,5-8,11H2,(H,28,30)(H,25,26,27). The zero-order valence-corrected chi connectivity index (χ0v) is 17.7. The number of anilines is 2. The van der Waals surface area contributed by atoms with Gasteiger partial charge in [0.15, 0.2) is 11.6 Å². The third-order valence-electron chi connectivity index (χ3n) is 5.87. The maximum absolute atomic E-state index is 13.5. The predicted molar refractivity (Wildman–Crippen MR) is 117 cm³/mol. The molecule has 1 saturated carbocycles. The Balaban J connectivity index is 1.26.